The van der Waals surface area contributed by atoms with Crippen molar-refractivity contribution < 1.29 is 9.53 Å². The highest BCUT2D eigenvalue weighted by molar-refractivity contribution is 7.80. The largest absolute Gasteiger partial charge is 0.462 e. The van der Waals surface area contributed by atoms with Crippen molar-refractivity contribution in [3.8, 4) is 0 Å². The number of pyridine rings is 1. The predicted molar refractivity (Wildman–Crippen MR) is 104 cm³/mol. The number of thiocarbonyl (C=S) groups is 1. The molecule has 7 heteroatoms. The summed E-state index contributed by atoms with van der Waals surface area (Å²) < 4.78 is 5.26. The first-order valence-electron chi connectivity index (χ1n) is 8.44. The summed E-state index contributed by atoms with van der Waals surface area (Å²) >= 11 is 7.01. The van der Waals surface area contributed by atoms with Crippen LogP contribution in [0.3, 0.4) is 0 Å². The Hall–Kier alpha value is -1.99. The molecule has 2 heterocycles. The topological polar surface area (TPSA) is 63.2 Å². The zero-order valence-corrected chi connectivity index (χ0v) is 15.8. The van der Waals surface area contributed by atoms with Crippen LogP contribution in [0.25, 0.3) is 0 Å². The molecule has 1 aliphatic carbocycles. The predicted octanol–water partition coefficient (Wildman–Crippen LogP) is 3.69. The van der Waals surface area contributed by atoms with Gasteiger partial charge >= 0.3 is 5.97 Å². The average Bonchev–Trinajstić information content (AvgIpc) is 2.99. The minimum atomic E-state index is -0.264. The van der Waals surface area contributed by atoms with E-state index in [1.807, 2.05) is 19.1 Å². The Labute approximate surface area is 156 Å². The van der Waals surface area contributed by atoms with Gasteiger partial charge in [-0.2, -0.15) is 0 Å². The van der Waals surface area contributed by atoms with Gasteiger partial charge in [0.2, 0.25) is 0 Å². The number of nitrogens with one attached hydrogen (secondary N) is 2. The van der Waals surface area contributed by atoms with Gasteiger partial charge in [-0.25, -0.2) is 4.79 Å². The highest BCUT2D eigenvalue weighted by Gasteiger charge is 2.26. The lowest BCUT2D eigenvalue weighted by atomic mass is 9.95. The molecule has 0 aromatic carbocycles. The SMILES string of the molecule is CCOC(=O)c1c(NC(=S)NCc2cccnc2)sc2c1CCCC2. The summed E-state index contributed by atoms with van der Waals surface area (Å²) in [4.78, 5) is 17.8. The van der Waals surface area contributed by atoms with Gasteiger partial charge in [0.25, 0.3) is 0 Å². The van der Waals surface area contributed by atoms with Crippen molar-refractivity contribution in [3.63, 3.8) is 0 Å². The maximum Gasteiger partial charge on any atom is 0.341 e. The molecule has 3 rings (SSSR count). The monoisotopic (exact) mass is 375 g/mol. The summed E-state index contributed by atoms with van der Waals surface area (Å²) in [6.45, 7) is 2.77. The van der Waals surface area contributed by atoms with Crippen LogP contribution in [0.1, 0.15) is 46.1 Å². The quantitative estimate of drug-likeness (QED) is 0.614. The van der Waals surface area contributed by atoms with Crippen LogP contribution >= 0.6 is 23.6 Å². The Kier molecular flexibility index (Phi) is 5.99. The number of carbonyl (C=O) groups is 1. The maximum absolute atomic E-state index is 12.4. The fourth-order valence-corrected chi connectivity index (χ4v) is 4.43. The Morgan fingerprint density at radius 3 is 3.00 bits per heavy atom. The van der Waals surface area contributed by atoms with Crippen LogP contribution in [0.15, 0.2) is 24.5 Å². The van der Waals surface area contributed by atoms with E-state index < -0.39 is 0 Å². The van der Waals surface area contributed by atoms with Gasteiger partial charge < -0.3 is 15.4 Å². The molecule has 132 valence electrons. The second-order valence-corrected chi connectivity index (χ2v) is 7.32. The van der Waals surface area contributed by atoms with E-state index in [2.05, 4.69) is 15.6 Å². The van der Waals surface area contributed by atoms with Gasteiger partial charge in [0.1, 0.15) is 5.00 Å². The molecule has 2 aromatic heterocycles. The fraction of sp³-hybridized carbons (Fsp3) is 0.389. The van der Waals surface area contributed by atoms with Crippen molar-refractivity contribution >= 4 is 39.6 Å². The molecule has 0 saturated heterocycles. The van der Waals surface area contributed by atoms with Crippen LogP contribution in [0, 0.1) is 0 Å². The molecule has 1 aliphatic rings. The summed E-state index contributed by atoms with van der Waals surface area (Å²) in [6, 6.07) is 3.87. The zero-order chi connectivity index (χ0) is 17.6. The Bertz CT molecular complexity index is 759. The normalized spacial score (nSPS) is 13.0. The van der Waals surface area contributed by atoms with Crippen LogP contribution in [-0.2, 0) is 24.1 Å². The third-order valence-corrected chi connectivity index (χ3v) is 5.51. The first kappa shape index (κ1) is 17.8. The van der Waals surface area contributed by atoms with Crippen molar-refractivity contribution in [2.24, 2.45) is 0 Å². The summed E-state index contributed by atoms with van der Waals surface area (Å²) in [6.07, 6.45) is 7.76. The van der Waals surface area contributed by atoms with Crippen molar-refractivity contribution in [1.82, 2.24) is 10.3 Å². The molecule has 25 heavy (non-hydrogen) atoms. The van der Waals surface area contributed by atoms with Crippen molar-refractivity contribution in [2.75, 3.05) is 11.9 Å². The Morgan fingerprint density at radius 2 is 2.24 bits per heavy atom. The molecule has 0 bridgehead atoms. The van der Waals surface area contributed by atoms with E-state index in [-0.39, 0.29) is 5.97 Å². The van der Waals surface area contributed by atoms with E-state index in [1.54, 1.807) is 23.7 Å². The number of nitrogens with zero attached hydrogens (tertiary/aromatic N) is 1. The first-order chi connectivity index (χ1) is 12.2. The van der Waals surface area contributed by atoms with E-state index in [0.717, 1.165) is 35.4 Å². The number of ether oxygens (including phenoxy) is 1. The lowest BCUT2D eigenvalue weighted by molar-refractivity contribution is 0.0526. The Morgan fingerprint density at radius 1 is 1.40 bits per heavy atom. The number of anilines is 1. The summed E-state index contributed by atoms with van der Waals surface area (Å²) in [5.74, 6) is -0.264. The van der Waals surface area contributed by atoms with E-state index in [4.69, 9.17) is 17.0 Å². The van der Waals surface area contributed by atoms with Crippen molar-refractivity contribution in [2.45, 2.75) is 39.2 Å². The molecule has 0 amide bonds. The van der Waals surface area contributed by atoms with E-state index in [9.17, 15) is 4.79 Å². The third kappa shape index (κ3) is 4.35. The van der Waals surface area contributed by atoms with Gasteiger partial charge in [-0.15, -0.1) is 11.3 Å². The van der Waals surface area contributed by atoms with Crippen LogP contribution in [0.4, 0.5) is 5.00 Å². The van der Waals surface area contributed by atoms with E-state index >= 15 is 0 Å². The minimum Gasteiger partial charge on any atom is -0.462 e. The molecule has 2 N–H and O–H groups in total. The molecular formula is C18H21N3O2S2. The smallest absolute Gasteiger partial charge is 0.341 e. The van der Waals surface area contributed by atoms with E-state index in [1.165, 1.54) is 11.3 Å². The maximum atomic E-state index is 12.4. The summed E-state index contributed by atoms with van der Waals surface area (Å²) in [5.41, 5.74) is 2.84. The van der Waals surface area contributed by atoms with Gasteiger partial charge in [-0.05, 0) is 62.0 Å². The van der Waals surface area contributed by atoms with Crippen LogP contribution in [0.2, 0.25) is 0 Å². The second kappa shape index (κ2) is 8.40. The molecule has 2 aromatic rings. The fourth-order valence-electron chi connectivity index (χ4n) is 2.91. The van der Waals surface area contributed by atoms with Gasteiger partial charge in [-0.3, -0.25) is 4.98 Å². The summed E-state index contributed by atoms with van der Waals surface area (Å²) in [5, 5.41) is 7.64. The number of esters is 1. The van der Waals surface area contributed by atoms with Gasteiger partial charge in [0.05, 0.1) is 12.2 Å². The summed E-state index contributed by atoms with van der Waals surface area (Å²) in [7, 11) is 0. The molecule has 0 fully saturated rings. The molecule has 0 unspecified atom stereocenters. The Balaban J connectivity index is 1.73. The first-order valence-corrected chi connectivity index (χ1v) is 9.67. The standard InChI is InChI=1S/C18H21N3O2S2/c1-2-23-17(22)15-13-7-3-4-8-14(13)25-16(15)21-18(24)20-11-12-6-5-9-19-10-12/h5-6,9-10H,2-4,7-8,11H2,1H3,(H2,20,21,24). The molecule has 0 aliphatic heterocycles. The van der Waals surface area contributed by atoms with Gasteiger partial charge in [-0.1, -0.05) is 6.07 Å². The van der Waals surface area contributed by atoms with Crippen LogP contribution in [-0.4, -0.2) is 22.7 Å². The lowest BCUT2D eigenvalue weighted by Gasteiger charge is -2.13. The number of fused-ring (bicyclic) bond motifs is 1. The number of thiophene rings is 1. The van der Waals surface area contributed by atoms with Crippen molar-refractivity contribution in [1.29, 1.82) is 0 Å². The van der Waals surface area contributed by atoms with Crippen LogP contribution < -0.4 is 10.6 Å². The molecule has 5 nitrogen and oxygen atoms in total. The number of rotatable bonds is 5. The number of carbonyl (C=O) groups excluding carboxylic acids is 1. The second-order valence-electron chi connectivity index (χ2n) is 5.80. The van der Waals surface area contributed by atoms with E-state index in [0.29, 0.717) is 23.8 Å². The number of hydrogen-bond acceptors (Lipinski definition) is 5. The highest BCUT2D eigenvalue weighted by Crippen LogP contribution is 2.38. The van der Waals surface area contributed by atoms with Crippen LogP contribution in [0.5, 0.6) is 0 Å². The number of aromatic nitrogens is 1. The van der Waals surface area contributed by atoms with Gasteiger partial charge in [0, 0.05) is 23.8 Å². The van der Waals surface area contributed by atoms with Gasteiger partial charge in [0.15, 0.2) is 5.11 Å². The highest BCUT2D eigenvalue weighted by atomic mass is 32.1. The lowest BCUT2D eigenvalue weighted by Crippen LogP contribution is -2.28. The minimum absolute atomic E-state index is 0.264. The zero-order valence-electron chi connectivity index (χ0n) is 14.1. The number of aryl methyl sites for hydroxylation is 1. The molecule has 0 atom stereocenters. The molecule has 0 radical (unpaired) electrons. The molecular weight excluding hydrogens is 354 g/mol. The van der Waals surface area contributed by atoms with Crippen molar-refractivity contribution in [3.05, 3.63) is 46.1 Å². The molecule has 0 spiro atoms. The average molecular weight is 376 g/mol. The number of hydrogen-bond donors (Lipinski definition) is 2. The third-order valence-electron chi connectivity index (χ3n) is 4.05. The molecule has 0 saturated carbocycles.